The second-order valence-corrected chi connectivity index (χ2v) is 5.37. The highest BCUT2D eigenvalue weighted by molar-refractivity contribution is 6.10. The van der Waals surface area contributed by atoms with Crippen molar-refractivity contribution in [2.24, 2.45) is 5.73 Å². The monoisotopic (exact) mass is 312 g/mol. The van der Waals surface area contributed by atoms with Crippen LogP contribution in [0.5, 0.6) is 0 Å². The van der Waals surface area contributed by atoms with Gasteiger partial charge < -0.3 is 16.7 Å². The van der Waals surface area contributed by atoms with Crippen molar-refractivity contribution in [2.45, 2.75) is 20.8 Å². The van der Waals surface area contributed by atoms with Crippen molar-refractivity contribution in [3.05, 3.63) is 46.3 Å². The predicted molar refractivity (Wildman–Crippen MR) is 85.0 cm³/mol. The molecule has 4 N–H and O–H groups in total. The Kier molecular flexibility index (Phi) is 3.17. The van der Waals surface area contributed by atoms with E-state index in [9.17, 15) is 10.0 Å². The van der Waals surface area contributed by atoms with Gasteiger partial charge in [0, 0.05) is 19.2 Å². The molecule has 0 saturated carbocycles. The lowest BCUT2D eigenvalue weighted by Crippen LogP contribution is -2.31. The van der Waals surface area contributed by atoms with Crippen LogP contribution < -0.4 is 16.2 Å². The number of pyridine rings is 1. The minimum atomic E-state index is -0.667. The second kappa shape index (κ2) is 4.94. The van der Waals surface area contributed by atoms with Gasteiger partial charge in [0.25, 0.3) is 5.91 Å². The van der Waals surface area contributed by atoms with Crippen LogP contribution in [0.3, 0.4) is 0 Å². The number of aromatic nitrogens is 4. The fourth-order valence-electron chi connectivity index (χ4n) is 2.75. The summed E-state index contributed by atoms with van der Waals surface area (Å²) in [5.74, 6) is -0.00162. The molecule has 3 heterocycles. The number of rotatable bonds is 2. The molecule has 0 aliphatic heterocycles. The van der Waals surface area contributed by atoms with Crippen molar-refractivity contribution in [1.29, 1.82) is 0 Å². The Bertz CT molecular complexity index is 960. The Morgan fingerprint density at radius 3 is 2.70 bits per heavy atom. The van der Waals surface area contributed by atoms with Gasteiger partial charge in [-0.15, -0.1) is 0 Å². The number of hydrogen-bond donors (Lipinski definition) is 2. The highest BCUT2D eigenvalue weighted by atomic mass is 16.5. The topological polar surface area (TPSA) is 127 Å². The summed E-state index contributed by atoms with van der Waals surface area (Å²) in [6, 6.07) is 1.68. The Morgan fingerprint density at radius 1 is 1.35 bits per heavy atom. The van der Waals surface area contributed by atoms with Crippen LogP contribution in [0.25, 0.3) is 16.7 Å². The van der Waals surface area contributed by atoms with Gasteiger partial charge in [-0.1, -0.05) is 0 Å². The largest absolute Gasteiger partial charge is 0.618 e. The molecule has 3 rings (SSSR count). The number of nitrogens with two attached hydrogens (primary N) is 2. The van der Waals surface area contributed by atoms with Crippen LogP contribution in [-0.4, -0.2) is 20.4 Å². The average Bonchev–Trinajstić information content (AvgIpc) is 2.76. The number of amides is 1. The molecule has 0 spiro atoms. The molecule has 0 radical (unpaired) electrons. The molecule has 0 unspecified atom stereocenters. The highest BCUT2D eigenvalue weighted by Crippen LogP contribution is 2.31. The Balaban J connectivity index is 2.53. The number of aryl methyl sites for hydroxylation is 2. The van der Waals surface area contributed by atoms with Gasteiger partial charge in [-0.05, 0) is 19.4 Å². The molecular weight excluding hydrogens is 296 g/mol. The van der Waals surface area contributed by atoms with Crippen molar-refractivity contribution in [1.82, 2.24) is 14.5 Å². The van der Waals surface area contributed by atoms with E-state index in [0.717, 1.165) is 10.3 Å². The standard InChI is InChI=1S/C15H16N6O2/c1-7-4-5-20(23)8(2)12(7)21-13(16)11(14(17)22)10-6-18-9(3)19-15(10)21/h4-6H,16H2,1-3H3,(H2,17,22). The van der Waals surface area contributed by atoms with Crippen LogP contribution in [0.2, 0.25) is 0 Å². The zero-order valence-electron chi connectivity index (χ0n) is 13.0. The summed E-state index contributed by atoms with van der Waals surface area (Å²) in [6.07, 6.45) is 2.94. The van der Waals surface area contributed by atoms with Crippen LogP contribution in [0, 0.1) is 26.0 Å². The van der Waals surface area contributed by atoms with Gasteiger partial charge in [-0.25, -0.2) is 9.97 Å². The maximum Gasteiger partial charge on any atom is 0.253 e. The van der Waals surface area contributed by atoms with Gasteiger partial charge in [0.15, 0.2) is 11.8 Å². The molecule has 0 fully saturated rings. The van der Waals surface area contributed by atoms with E-state index >= 15 is 0 Å². The third-order valence-electron chi connectivity index (χ3n) is 3.84. The summed E-state index contributed by atoms with van der Waals surface area (Å²) in [5.41, 5.74) is 14.1. The number of nitrogens with zero attached hydrogens (tertiary/aromatic N) is 4. The summed E-state index contributed by atoms with van der Waals surface area (Å²) in [6.45, 7) is 5.26. The smallest absolute Gasteiger partial charge is 0.253 e. The molecule has 0 saturated heterocycles. The quantitative estimate of drug-likeness (QED) is 0.531. The number of fused-ring (bicyclic) bond motifs is 1. The maximum atomic E-state index is 12.0. The Morgan fingerprint density at radius 2 is 2.04 bits per heavy atom. The minimum absolute atomic E-state index is 0.143. The molecule has 8 heteroatoms. The average molecular weight is 312 g/mol. The first-order valence-corrected chi connectivity index (χ1v) is 6.96. The molecule has 23 heavy (non-hydrogen) atoms. The molecule has 3 aromatic rings. The van der Waals surface area contributed by atoms with Gasteiger partial charge in [0.1, 0.15) is 17.3 Å². The molecule has 0 aliphatic carbocycles. The van der Waals surface area contributed by atoms with Gasteiger partial charge in [-0.3, -0.25) is 9.36 Å². The molecule has 0 aliphatic rings. The molecule has 0 atom stereocenters. The zero-order chi connectivity index (χ0) is 16.9. The van der Waals surface area contributed by atoms with Gasteiger partial charge >= 0.3 is 0 Å². The lowest BCUT2D eigenvalue weighted by Gasteiger charge is -2.13. The first kappa shape index (κ1) is 14.8. The number of hydrogen-bond acceptors (Lipinski definition) is 5. The van der Waals surface area contributed by atoms with E-state index in [1.165, 1.54) is 12.4 Å². The van der Waals surface area contributed by atoms with Crippen molar-refractivity contribution in [2.75, 3.05) is 5.73 Å². The summed E-state index contributed by atoms with van der Waals surface area (Å²) < 4.78 is 2.33. The zero-order valence-corrected chi connectivity index (χ0v) is 13.0. The van der Waals surface area contributed by atoms with E-state index in [1.807, 2.05) is 6.92 Å². The van der Waals surface area contributed by atoms with Crippen LogP contribution in [0.15, 0.2) is 18.5 Å². The number of carbonyl (C=O) groups excluding carboxylic acids is 1. The molecular formula is C15H16N6O2. The van der Waals surface area contributed by atoms with E-state index in [2.05, 4.69) is 9.97 Å². The fraction of sp³-hybridized carbons (Fsp3) is 0.200. The van der Waals surface area contributed by atoms with Crippen LogP contribution >= 0.6 is 0 Å². The SMILES string of the molecule is Cc1ncc2c(C(N)=O)c(N)n(-c3c(C)cc[n+]([O-])c3C)c2n1. The van der Waals surface area contributed by atoms with E-state index in [1.54, 1.807) is 24.5 Å². The second-order valence-electron chi connectivity index (χ2n) is 5.37. The predicted octanol–water partition coefficient (Wildman–Crippen LogP) is 0.660. The molecule has 0 bridgehead atoms. The lowest BCUT2D eigenvalue weighted by molar-refractivity contribution is -0.612. The van der Waals surface area contributed by atoms with Crippen molar-refractivity contribution < 1.29 is 9.52 Å². The number of carbonyl (C=O) groups is 1. The highest BCUT2D eigenvalue weighted by Gasteiger charge is 2.25. The first-order chi connectivity index (χ1) is 10.8. The third-order valence-corrected chi connectivity index (χ3v) is 3.84. The summed E-state index contributed by atoms with van der Waals surface area (Å²) in [7, 11) is 0. The third kappa shape index (κ3) is 2.07. The van der Waals surface area contributed by atoms with Crippen molar-refractivity contribution >= 4 is 22.8 Å². The normalized spacial score (nSPS) is 11.1. The maximum absolute atomic E-state index is 12.0. The number of nitrogen functional groups attached to an aromatic ring is 1. The lowest BCUT2D eigenvalue weighted by atomic mass is 10.2. The molecule has 0 aromatic carbocycles. The van der Waals surface area contributed by atoms with E-state index in [-0.39, 0.29) is 11.4 Å². The Hall–Kier alpha value is -3.16. The molecule has 1 amide bonds. The van der Waals surface area contributed by atoms with Crippen LogP contribution in [-0.2, 0) is 0 Å². The number of anilines is 1. The fourth-order valence-corrected chi connectivity index (χ4v) is 2.75. The van der Waals surface area contributed by atoms with E-state index < -0.39 is 5.91 Å². The van der Waals surface area contributed by atoms with Gasteiger partial charge in [0.2, 0.25) is 5.69 Å². The van der Waals surface area contributed by atoms with Crippen LogP contribution in [0.1, 0.15) is 27.4 Å². The van der Waals surface area contributed by atoms with Gasteiger partial charge in [0.05, 0.1) is 10.9 Å². The minimum Gasteiger partial charge on any atom is -0.618 e. The van der Waals surface area contributed by atoms with Crippen LogP contribution in [0.4, 0.5) is 5.82 Å². The molecule has 118 valence electrons. The van der Waals surface area contributed by atoms with E-state index in [0.29, 0.717) is 28.2 Å². The first-order valence-electron chi connectivity index (χ1n) is 6.96. The van der Waals surface area contributed by atoms with Crippen molar-refractivity contribution in [3.8, 4) is 5.69 Å². The van der Waals surface area contributed by atoms with Crippen molar-refractivity contribution in [3.63, 3.8) is 0 Å². The summed E-state index contributed by atoms with van der Waals surface area (Å²) >= 11 is 0. The summed E-state index contributed by atoms with van der Waals surface area (Å²) in [4.78, 5) is 20.3. The molecule has 3 aromatic heterocycles. The van der Waals surface area contributed by atoms with Gasteiger partial charge in [-0.2, -0.15) is 4.73 Å². The number of primary amides is 1. The molecule has 8 nitrogen and oxygen atoms in total. The Labute approximate surface area is 132 Å². The summed E-state index contributed by atoms with van der Waals surface area (Å²) in [5, 5.41) is 12.4. The van der Waals surface area contributed by atoms with E-state index in [4.69, 9.17) is 11.5 Å².